The first kappa shape index (κ1) is 18.5. The summed E-state index contributed by atoms with van der Waals surface area (Å²) in [6, 6.07) is 7.01. The lowest BCUT2D eigenvalue weighted by molar-refractivity contribution is -0.134. The third kappa shape index (κ3) is 8.03. The number of pyridine rings is 2. The van der Waals surface area contributed by atoms with Crippen LogP contribution in [0.2, 0.25) is 0 Å². The molecule has 2 aromatic heterocycles. The van der Waals surface area contributed by atoms with Gasteiger partial charge in [-0.2, -0.15) is 0 Å². The van der Waals surface area contributed by atoms with Crippen molar-refractivity contribution in [2.24, 2.45) is 0 Å². The highest BCUT2D eigenvalue weighted by atomic mass is 16.5. The van der Waals surface area contributed by atoms with Crippen LogP contribution in [0.5, 0.6) is 0 Å². The van der Waals surface area contributed by atoms with Crippen LogP contribution in [-0.2, 0) is 20.9 Å². The number of rotatable bonds is 5. The molecule has 0 amide bonds. The van der Waals surface area contributed by atoms with E-state index in [1.54, 1.807) is 36.8 Å². The number of carboxylic acid groups (broad SMARTS) is 2. The van der Waals surface area contributed by atoms with Crippen LogP contribution < -0.4 is 0 Å². The molecule has 0 aliphatic rings. The van der Waals surface area contributed by atoms with Crippen LogP contribution in [0.25, 0.3) is 0 Å². The van der Waals surface area contributed by atoms with Crippen molar-refractivity contribution in [3.05, 3.63) is 72.3 Å². The lowest BCUT2D eigenvalue weighted by atomic mass is 10.3. The molecular formula is C16H14N2O6. The molecule has 0 aromatic carbocycles. The molecule has 0 unspecified atom stereocenters. The molecule has 124 valence electrons. The molecule has 8 nitrogen and oxygen atoms in total. The minimum absolute atomic E-state index is 0.224. The van der Waals surface area contributed by atoms with Crippen LogP contribution >= 0.6 is 0 Å². The van der Waals surface area contributed by atoms with Crippen molar-refractivity contribution in [2.45, 2.75) is 6.61 Å². The van der Waals surface area contributed by atoms with Crippen LogP contribution in [0.4, 0.5) is 0 Å². The molecule has 2 aromatic rings. The van der Waals surface area contributed by atoms with Gasteiger partial charge in [0.2, 0.25) is 0 Å². The predicted octanol–water partition coefficient (Wildman–Crippen LogP) is 1.55. The number of carbonyl (C=O) groups is 3. The molecule has 0 saturated carbocycles. The molecular weight excluding hydrogens is 316 g/mol. The van der Waals surface area contributed by atoms with Gasteiger partial charge in [-0.15, -0.1) is 0 Å². The van der Waals surface area contributed by atoms with E-state index in [0.29, 0.717) is 17.7 Å². The van der Waals surface area contributed by atoms with Gasteiger partial charge in [0.15, 0.2) is 0 Å². The molecule has 24 heavy (non-hydrogen) atoms. The average Bonchev–Trinajstić information content (AvgIpc) is 2.60. The van der Waals surface area contributed by atoms with Crippen LogP contribution in [0, 0.1) is 0 Å². The van der Waals surface area contributed by atoms with Gasteiger partial charge in [0.25, 0.3) is 0 Å². The van der Waals surface area contributed by atoms with Crippen molar-refractivity contribution >= 4 is 17.9 Å². The Balaban J connectivity index is 0.000000307. The monoisotopic (exact) mass is 330 g/mol. The summed E-state index contributed by atoms with van der Waals surface area (Å²) in [6.07, 6.45) is 7.54. The van der Waals surface area contributed by atoms with Crippen molar-refractivity contribution in [3.8, 4) is 0 Å². The highest BCUT2D eigenvalue weighted by Crippen LogP contribution is 2.03. The predicted molar refractivity (Wildman–Crippen MR) is 82.0 cm³/mol. The van der Waals surface area contributed by atoms with Crippen molar-refractivity contribution in [2.75, 3.05) is 0 Å². The second-order valence-corrected chi connectivity index (χ2v) is 4.19. The molecule has 0 aliphatic carbocycles. The second kappa shape index (κ2) is 10.2. The molecule has 0 bridgehead atoms. The standard InChI is InChI=1S/C12H10N2O2.C4H4O4/c15-12(11-4-2-6-14-8-11)16-9-10-3-1-5-13-7-10;5-3(6)1-2-4(7)8/h1-8H,9H2;1-2H,(H,5,6)(H,7,8)/b;2-1+. The van der Waals surface area contributed by atoms with Crippen LogP contribution in [0.15, 0.2) is 61.2 Å². The molecule has 8 heteroatoms. The van der Waals surface area contributed by atoms with E-state index in [1.165, 1.54) is 6.20 Å². The summed E-state index contributed by atoms with van der Waals surface area (Å²) >= 11 is 0. The first-order chi connectivity index (χ1) is 11.5. The Labute approximate surface area is 137 Å². The van der Waals surface area contributed by atoms with Crippen LogP contribution in [-0.4, -0.2) is 38.1 Å². The van der Waals surface area contributed by atoms with E-state index in [-0.39, 0.29) is 12.6 Å². The first-order valence-corrected chi connectivity index (χ1v) is 6.59. The van der Waals surface area contributed by atoms with E-state index >= 15 is 0 Å². The Bertz CT molecular complexity index is 685. The van der Waals surface area contributed by atoms with E-state index in [9.17, 15) is 14.4 Å². The summed E-state index contributed by atoms with van der Waals surface area (Å²) in [5.41, 5.74) is 1.31. The summed E-state index contributed by atoms with van der Waals surface area (Å²) < 4.78 is 5.10. The van der Waals surface area contributed by atoms with Gasteiger partial charge in [-0.05, 0) is 18.2 Å². The maximum atomic E-state index is 11.5. The lowest BCUT2D eigenvalue weighted by Gasteiger charge is -2.03. The fourth-order valence-corrected chi connectivity index (χ4v) is 1.34. The van der Waals surface area contributed by atoms with Gasteiger partial charge in [0.1, 0.15) is 6.61 Å². The number of aliphatic carboxylic acids is 2. The van der Waals surface area contributed by atoms with Gasteiger partial charge in [-0.3, -0.25) is 9.97 Å². The molecule has 2 heterocycles. The molecule has 0 spiro atoms. The third-order valence-electron chi connectivity index (χ3n) is 2.36. The number of aromatic nitrogens is 2. The van der Waals surface area contributed by atoms with Crippen molar-refractivity contribution < 1.29 is 29.3 Å². The fourth-order valence-electron chi connectivity index (χ4n) is 1.34. The Morgan fingerprint density at radius 1 is 0.958 bits per heavy atom. The van der Waals surface area contributed by atoms with Gasteiger partial charge in [0, 0.05) is 42.5 Å². The second-order valence-electron chi connectivity index (χ2n) is 4.19. The number of ether oxygens (including phenoxy) is 1. The number of esters is 1. The number of hydrogen-bond donors (Lipinski definition) is 2. The summed E-state index contributed by atoms with van der Waals surface area (Å²) in [5.74, 6) is -2.89. The molecule has 2 N–H and O–H groups in total. The minimum atomic E-state index is -1.26. The Hall–Kier alpha value is -3.55. The Morgan fingerprint density at radius 2 is 1.54 bits per heavy atom. The molecule has 0 saturated heterocycles. The Kier molecular flexibility index (Phi) is 7.88. The zero-order valence-electron chi connectivity index (χ0n) is 12.4. The molecule has 0 atom stereocenters. The number of carboxylic acids is 2. The van der Waals surface area contributed by atoms with Crippen molar-refractivity contribution in [1.82, 2.24) is 9.97 Å². The molecule has 0 aliphatic heterocycles. The van der Waals surface area contributed by atoms with Gasteiger partial charge >= 0.3 is 17.9 Å². The fraction of sp³-hybridized carbons (Fsp3) is 0.0625. The Morgan fingerprint density at radius 3 is 2.00 bits per heavy atom. The topological polar surface area (TPSA) is 127 Å². The third-order valence-corrected chi connectivity index (χ3v) is 2.36. The van der Waals surface area contributed by atoms with Gasteiger partial charge in [-0.1, -0.05) is 6.07 Å². The van der Waals surface area contributed by atoms with Gasteiger partial charge in [0.05, 0.1) is 5.56 Å². The zero-order valence-corrected chi connectivity index (χ0v) is 12.4. The summed E-state index contributed by atoms with van der Waals surface area (Å²) in [7, 11) is 0. The average molecular weight is 330 g/mol. The maximum Gasteiger partial charge on any atom is 0.340 e. The smallest absolute Gasteiger partial charge is 0.340 e. The SMILES string of the molecule is O=C(O)/C=C/C(=O)O.O=C(OCc1cccnc1)c1cccnc1. The first-order valence-electron chi connectivity index (χ1n) is 6.59. The number of hydrogen-bond acceptors (Lipinski definition) is 6. The highest BCUT2D eigenvalue weighted by Gasteiger charge is 2.06. The van der Waals surface area contributed by atoms with Gasteiger partial charge in [-0.25, -0.2) is 14.4 Å². The van der Waals surface area contributed by atoms with E-state index in [4.69, 9.17) is 14.9 Å². The summed E-state index contributed by atoms with van der Waals surface area (Å²) in [4.78, 5) is 38.4. The van der Waals surface area contributed by atoms with E-state index in [1.807, 2.05) is 6.07 Å². The zero-order chi connectivity index (χ0) is 17.8. The highest BCUT2D eigenvalue weighted by molar-refractivity contribution is 5.89. The summed E-state index contributed by atoms with van der Waals surface area (Å²) in [6.45, 7) is 0.224. The normalized spacial score (nSPS) is 9.67. The largest absolute Gasteiger partial charge is 0.478 e. The van der Waals surface area contributed by atoms with Crippen molar-refractivity contribution in [1.29, 1.82) is 0 Å². The van der Waals surface area contributed by atoms with E-state index in [2.05, 4.69) is 9.97 Å². The van der Waals surface area contributed by atoms with Crippen LogP contribution in [0.3, 0.4) is 0 Å². The summed E-state index contributed by atoms with van der Waals surface area (Å²) in [5, 5.41) is 15.6. The van der Waals surface area contributed by atoms with Crippen LogP contribution in [0.1, 0.15) is 15.9 Å². The minimum Gasteiger partial charge on any atom is -0.478 e. The molecule has 2 rings (SSSR count). The van der Waals surface area contributed by atoms with E-state index in [0.717, 1.165) is 5.56 Å². The van der Waals surface area contributed by atoms with E-state index < -0.39 is 11.9 Å². The number of carbonyl (C=O) groups excluding carboxylic acids is 1. The number of nitrogens with zero attached hydrogens (tertiary/aromatic N) is 2. The maximum absolute atomic E-state index is 11.5. The van der Waals surface area contributed by atoms with Gasteiger partial charge < -0.3 is 14.9 Å². The lowest BCUT2D eigenvalue weighted by Crippen LogP contribution is -2.05. The quantitative estimate of drug-likeness (QED) is 0.624. The molecule has 0 fully saturated rings. The molecule has 0 radical (unpaired) electrons. The van der Waals surface area contributed by atoms with Crippen molar-refractivity contribution in [3.63, 3.8) is 0 Å².